The van der Waals surface area contributed by atoms with E-state index < -0.39 is 0 Å². The zero-order chi connectivity index (χ0) is 21.6. The summed E-state index contributed by atoms with van der Waals surface area (Å²) in [5, 5.41) is 4.73. The Morgan fingerprint density at radius 2 is 1.73 bits per heavy atom. The van der Waals surface area contributed by atoms with Crippen molar-refractivity contribution in [3.05, 3.63) is 52.5 Å². The molecule has 8 nitrogen and oxygen atoms in total. The van der Waals surface area contributed by atoms with Crippen molar-refractivity contribution in [1.82, 2.24) is 19.7 Å². The zero-order valence-corrected chi connectivity index (χ0v) is 18.1. The Kier molecular flexibility index (Phi) is 4.93. The molecule has 0 saturated carbocycles. The molecular formula is C22H25N5O3. The van der Waals surface area contributed by atoms with Crippen LogP contribution in [-0.4, -0.2) is 46.9 Å². The first-order valence-corrected chi connectivity index (χ1v) is 9.74. The maximum atomic E-state index is 13.0. The molecule has 2 aromatic heterocycles. The quantitative estimate of drug-likeness (QED) is 0.661. The Bertz CT molecular complexity index is 1120. The Labute approximate surface area is 175 Å². The molecule has 8 heteroatoms. The summed E-state index contributed by atoms with van der Waals surface area (Å²) in [4.78, 5) is 23.7. The lowest BCUT2D eigenvalue weighted by molar-refractivity contribution is -0.118. The molecule has 4 rings (SSSR count). The van der Waals surface area contributed by atoms with Crippen molar-refractivity contribution in [2.45, 2.75) is 33.1 Å². The molecule has 0 aliphatic carbocycles. The number of aryl methyl sites for hydroxylation is 3. The third-order valence-corrected chi connectivity index (χ3v) is 5.47. The average Bonchev–Trinajstić information content (AvgIpc) is 3.07. The van der Waals surface area contributed by atoms with Crippen LogP contribution in [0, 0.1) is 20.8 Å². The van der Waals surface area contributed by atoms with Gasteiger partial charge in [0.05, 0.1) is 19.9 Å². The fourth-order valence-corrected chi connectivity index (χ4v) is 4.11. The van der Waals surface area contributed by atoms with Gasteiger partial charge in [0.2, 0.25) is 5.91 Å². The number of anilines is 1. The van der Waals surface area contributed by atoms with Crippen LogP contribution in [0.4, 0.5) is 5.82 Å². The molecule has 0 saturated heterocycles. The number of hydrogen-bond acceptors (Lipinski definition) is 6. The molecule has 0 bridgehead atoms. The molecule has 1 atom stereocenters. The van der Waals surface area contributed by atoms with E-state index >= 15 is 0 Å². The van der Waals surface area contributed by atoms with Crippen molar-refractivity contribution >= 4 is 11.7 Å². The van der Waals surface area contributed by atoms with E-state index in [-0.39, 0.29) is 11.8 Å². The molecule has 0 fully saturated rings. The van der Waals surface area contributed by atoms with E-state index in [1.165, 1.54) is 0 Å². The second-order valence-corrected chi connectivity index (χ2v) is 7.50. The molecule has 1 aliphatic heterocycles. The highest BCUT2D eigenvalue weighted by Crippen LogP contribution is 2.45. The number of nitrogens with zero attached hydrogens (tertiary/aromatic N) is 5. The third kappa shape index (κ3) is 3.18. The second kappa shape index (κ2) is 7.44. The lowest BCUT2D eigenvalue weighted by Crippen LogP contribution is -2.35. The molecule has 1 amide bonds. The summed E-state index contributed by atoms with van der Waals surface area (Å²) in [5.74, 6) is 2.33. The van der Waals surface area contributed by atoms with Gasteiger partial charge in [-0.15, -0.1) is 0 Å². The van der Waals surface area contributed by atoms with Gasteiger partial charge in [-0.2, -0.15) is 9.78 Å². The maximum Gasteiger partial charge on any atom is 0.252 e. The minimum Gasteiger partial charge on any atom is -0.497 e. The summed E-state index contributed by atoms with van der Waals surface area (Å²) < 4.78 is 12.7. The van der Waals surface area contributed by atoms with Crippen LogP contribution in [0.1, 0.15) is 40.5 Å². The lowest BCUT2D eigenvalue weighted by atomic mass is 9.84. The number of hydrogen-bond donors (Lipinski definition) is 0. The highest BCUT2D eigenvalue weighted by molar-refractivity contribution is 5.97. The maximum absolute atomic E-state index is 13.0. The van der Waals surface area contributed by atoms with Gasteiger partial charge in [0.1, 0.15) is 17.3 Å². The number of aromatic nitrogens is 4. The predicted molar refractivity (Wildman–Crippen MR) is 113 cm³/mol. The molecule has 0 spiro atoms. The monoisotopic (exact) mass is 407 g/mol. The Hall–Kier alpha value is -3.42. The van der Waals surface area contributed by atoms with Crippen LogP contribution in [0.25, 0.3) is 5.95 Å². The summed E-state index contributed by atoms with van der Waals surface area (Å²) in [7, 11) is 5.01. The first kappa shape index (κ1) is 19.9. The minimum absolute atomic E-state index is 0.0112. The third-order valence-electron chi connectivity index (χ3n) is 5.47. The molecule has 1 aromatic carbocycles. The minimum atomic E-state index is -0.214. The van der Waals surface area contributed by atoms with Gasteiger partial charge in [0.15, 0.2) is 0 Å². The van der Waals surface area contributed by atoms with E-state index in [1.54, 1.807) is 30.8 Å². The van der Waals surface area contributed by atoms with E-state index in [2.05, 4.69) is 9.97 Å². The SMILES string of the molecule is COc1ccc(OC)c([C@@H]2CC(=O)N(C)c3c2c(C)nn3-c2nc(C)cc(C)n2)c1. The van der Waals surface area contributed by atoms with E-state index in [0.29, 0.717) is 29.7 Å². The van der Waals surface area contributed by atoms with Crippen LogP contribution >= 0.6 is 0 Å². The fraction of sp³-hybridized carbons (Fsp3) is 0.364. The number of benzene rings is 1. The molecule has 3 aromatic rings. The first-order chi connectivity index (χ1) is 14.3. The molecule has 156 valence electrons. The van der Waals surface area contributed by atoms with Crippen LogP contribution in [0.15, 0.2) is 24.3 Å². The highest BCUT2D eigenvalue weighted by Gasteiger charge is 2.38. The number of amides is 1. The van der Waals surface area contributed by atoms with E-state index in [0.717, 1.165) is 28.2 Å². The molecule has 3 heterocycles. The molecule has 0 radical (unpaired) electrons. The number of methoxy groups -OCH3 is 2. The molecular weight excluding hydrogens is 382 g/mol. The smallest absolute Gasteiger partial charge is 0.252 e. The van der Waals surface area contributed by atoms with Gasteiger partial charge in [-0.25, -0.2) is 9.97 Å². The van der Waals surface area contributed by atoms with Gasteiger partial charge in [-0.3, -0.25) is 9.69 Å². The van der Waals surface area contributed by atoms with Gasteiger partial charge in [0.25, 0.3) is 5.95 Å². The van der Waals surface area contributed by atoms with Crippen LogP contribution in [0.2, 0.25) is 0 Å². The predicted octanol–water partition coefficient (Wildman–Crippen LogP) is 3.10. The largest absolute Gasteiger partial charge is 0.497 e. The number of fused-ring (bicyclic) bond motifs is 1. The topological polar surface area (TPSA) is 82.4 Å². The summed E-state index contributed by atoms with van der Waals surface area (Å²) in [6, 6.07) is 7.55. The van der Waals surface area contributed by atoms with Gasteiger partial charge in [-0.1, -0.05) is 0 Å². The average molecular weight is 407 g/mol. The summed E-state index contributed by atoms with van der Waals surface area (Å²) in [6.45, 7) is 5.78. The Morgan fingerprint density at radius 1 is 1.03 bits per heavy atom. The van der Waals surface area contributed by atoms with Gasteiger partial charge < -0.3 is 9.47 Å². The molecule has 1 aliphatic rings. The van der Waals surface area contributed by atoms with E-state index in [1.807, 2.05) is 45.0 Å². The molecule has 0 N–H and O–H groups in total. The number of carbonyl (C=O) groups excluding carboxylic acids is 1. The molecule has 0 unspecified atom stereocenters. The van der Waals surface area contributed by atoms with Crippen molar-refractivity contribution in [3.63, 3.8) is 0 Å². The first-order valence-electron chi connectivity index (χ1n) is 9.74. The van der Waals surface area contributed by atoms with Crippen molar-refractivity contribution in [2.24, 2.45) is 0 Å². The number of rotatable bonds is 4. The van der Waals surface area contributed by atoms with Crippen molar-refractivity contribution in [3.8, 4) is 17.4 Å². The van der Waals surface area contributed by atoms with Crippen LogP contribution in [0.5, 0.6) is 11.5 Å². The highest BCUT2D eigenvalue weighted by atomic mass is 16.5. The van der Waals surface area contributed by atoms with Gasteiger partial charge in [0, 0.05) is 41.9 Å². The number of ether oxygens (including phenoxy) is 2. The zero-order valence-electron chi connectivity index (χ0n) is 18.1. The Balaban J connectivity index is 1.96. The van der Waals surface area contributed by atoms with E-state index in [4.69, 9.17) is 14.6 Å². The normalized spacial score (nSPS) is 15.9. The molecule has 30 heavy (non-hydrogen) atoms. The van der Waals surface area contributed by atoms with Crippen LogP contribution in [-0.2, 0) is 4.79 Å². The van der Waals surface area contributed by atoms with Crippen molar-refractivity contribution < 1.29 is 14.3 Å². The lowest BCUT2D eigenvalue weighted by Gasteiger charge is -2.31. The summed E-state index contributed by atoms with van der Waals surface area (Å²) in [5.41, 5.74) is 4.36. The summed E-state index contributed by atoms with van der Waals surface area (Å²) in [6.07, 6.45) is 0.313. The van der Waals surface area contributed by atoms with Gasteiger partial charge in [-0.05, 0) is 45.0 Å². The Morgan fingerprint density at radius 3 is 2.37 bits per heavy atom. The van der Waals surface area contributed by atoms with Crippen LogP contribution in [0.3, 0.4) is 0 Å². The van der Waals surface area contributed by atoms with Crippen molar-refractivity contribution in [1.29, 1.82) is 0 Å². The van der Waals surface area contributed by atoms with Crippen LogP contribution < -0.4 is 14.4 Å². The summed E-state index contributed by atoms with van der Waals surface area (Å²) >= 11 is 0. The second-order valence-electron chi connectivity index (χ2n) is 7.50. The number of carbonyl (C=O) groups is 1. The fourth-order valence-electron chi connectivity index (χ4n) is 4.11. The van der Waals surface area contributed by atoms with Gasteiger partial charge >= 0.3 is 0 Å². The van der Waals surface area contributed by atoms with E-state index in [9.17, 15) is 4.79 Å². The standard InChI is InChI=1S/C22H25N5O3/c1-12-9-13(2)24-22(23-12)27-21-20(14(3)25-27)17(11-19(28)26(21)4)16-10-15(29-5)7-8-18(16)30-6/h7-10,17H,11H2,1-6H3/t17-/m0/s1. The van der Waals surface area contributed by atoms with Crippen molar-refractivity contribution in [2.75, 3.05) is 26.2 Å².